The van der Waals surface area contributed by atoms with Gasteiger partial charge in [0, 0.05) is 61.4 Å². The largest absolute Gasteiger partial charge is 0.458 e. The molecule has 0 amide bonds. The van der Waals surface area contributed by atoms with Gasteiger partial charge in [0.1, 0.15) is 18.8 Å². The molecule has 13 nitrogen and oxygen atoms in total. The Morgan fingerprint density at radius 2 is 1.48 bits per heavy atom. The predicted molar refractivity (Wildman–Crippen MR) is 213 cm³/mol. The van der Waals surface area contributed by atoms with Crippen molar-refractivity contribution in [3.05, 3.63) is 11.6 Å². The normalized spacial score (nSPS) is 52.8. The fourth-order valence-electron chi connectivity index (χ4n) is 13.6. The first-order chi connectivity index (χ1) is 27.7. The SMILES string of the molecule is CC1CN(C2CSC2)CCC(O[C@@H]2[C@H](C)O[C@@H](O[C@@H]3[C@H](C)O[C@@H](O[C@H]4CC[C@@]5(C)C(CCC6C5C[C@H](O)[C@]5(C)[C@@H](C7=CC(=O)OC7)CC[C@]65O)C4)C[C@@H]3O)C[C@@H]2O)O1. The van der Waals surface area contributed by atoms with Gasteiger partial charge in [0.25, 0.3) is 0 Å². The Hall–Kier alpha value is -0.880. The number of ether oxygens (including phenoxy) is 7. The minimum absolute atomic E-state index is 0.0172. The van der Waals surface area contributed by atoms with Crippen molar-refractivity contribution in [2.24, 2.45) is 34.5 Å². The van der Waals surface area contributed by atoms with Crippen LogP contribution in [0.1, 0.15) is 105 Å². The molecule has 4 N–H and O–H groups in total. The first-order valence-corrected chi connectivity index (χ1v) is 23.7. The summed E-state index contributed by atoms with van der Waals surface area (Å²) in [6.07, 6.45) is 3.31. The van der Waals surface area contributed by atoms with Crippen molar-refractivity contribution in [3.8, 4) is 0 Å². The maximum atomic E-state index is 12.6. The number of esters is 1. The second kappa shape index (κ2) is 16.3. The highest BCUT2D eigenvalue weighted by Gasteiger charge is 2.71. The Kier molecular flexibility index (Phi) is 12.0. The van der Waals surface area contributed by atoms with E-state index in [0.29, 0.717) is 24.8 Å². The van der Waals surface area contributed by atoms with E-state index in [1.807, 2.05) is 25.6 Å². The minimum atomic E-state index is -0.998. The lowest BCUT2D eigenvalue weighted by molar-refractivity contribution is -0.329. The molecular weight excluding hydrogens is 767 g/mol. The zero-order valence-corrected chi connectivity index (χ0v) is 35.9. The number of cyclic esters (lactones) is 1. The van der Waals surface area contributed by atoms with E-state index < -0.39 is 72.6 Å². The van der Waals surface area contributed by atoms with Crippen molar-refractivity contribution in [1.29, 1.82) is 0 Å². The Labute approximate surface area is 348 Å². The van der Waals surface area contributed by atoms with E-state index in [2.05, 4.69) is 25.7 Å². The van der Waals surface area contributed by atoms with E-state index in [-0.39, 0.29) is 60.8 Å². The highest BCUT2D eigenvalue weighted by Crippen LogP contribution is 2.70. The fraction of sp³-hybridized carbons (Fsp3) is 0.932. The number of carbonyl (C=O) groups excluding carboxylic acids is 1. The van der Waals surface area contributed by atoms with Gasteiger partial charge in [-0.3, -0.25) is 4.90 Å². The van der Waals surface area contributed by atoms with Gasteiger partial charge in [-0.25, -0.2) is 4.79 Å². The van der Waals surface area contributed by atoms with Crippen molar-refractivity contribution >= 4 is 17.7 Å². The molecule has 5 unspecified atom stereocenters. The third-order valence-electron chi connectivity index (χ3n) is 16.9. The molecular formula is C44H69NO12S. The van der Waals surface area contributed by atoms with Crippen LogP contribution < -0.4 is 0 Å². The first kappa shape index (κ1) is 42.4. The summed E-state index contributed by atoms with van der Waals surface area (Å²) in [6.45, 7) is 12.3. The van der Waals surface area contributed by atoms with Gasteiger partial charge in [-0.15, -0.1) is 0 Å². The van der Waals surface area contributed by atoms with Crippen molar-refractivity contribution in [3.63, 3.8) is 0 Å². The minimum Gasteiger partial charge on any atom is -0.458 e. The zero-order valence-electron chi connectivity index (χ0n) is 35.1. The summed E-state index contributed by atoms with van der Waals surface area (Å²) in [4.78, 5) is 14.5. The molecule has 14 heteroatoms. The lowest BCUT2D eigenvalue weighted by atomic mass is 9.42. The lowest BCUT2D eigenvalue weighted by Gasteiger charge is -2.65. The number of hydrogen-bond donors (Lipinski definition) is 4. The molecule has 0 bridgehead atoms. The Morgan fingerprint density at radius 1 is 0.793 bits per heavy atom. The van der Waals surface area contributed by atoms with Crippen LogP contribution in [0.3, 0.4) is 0 Å². The summed E-state index contributed by atoms with van der Waals surface area (Å²) in [6, 6.07) is 0.614. The molecule has 0 radical (unpaired) electrons. The van der Waals surface area contributed by atoms with Crippen LogP contribution in [0.4, 0.5) is 0 Å². The third kappa shape index (κ3) is 7.46. The fourth-order valence-corrected chi connectivity index (χ4v) is 14.4. The third-order valence-corrected chi connectivity index (χ3v) is 18.2. The monoisotopic (exact) mass is 835 g/mol. The van der Waals surface area contributed by atoms with Crippen LogP contribution in [0.2, 0.25) is 0 Å². The number of aliphatic hydroxyl groups excluding tert-OH is 3. The molecule has 5 aliphatic heterocycles. The van der Waals surface area contributed by atoms with Crippen LogP contribution in [-0.2, 0) is 38.0 Å². The molecule has 8 fully saturated rings. The van der Waals surface area contributed by atoms with Crippen LogP contribution in [0.15, 0.2) is 11.6 Å². The molecule has 9 rings (SSSR count). The number of thioether (sulfide) groups is 1. The Bertz CT molecular complexity index is 1510. The van der Waals surface area contributed by atoms with E-state index in [9.17, 15) is 25.2 Å². The van der Waals surface area contributed by atoms with E-state index in [1.54, 1.807) is 6.08 Å². The van der Waals surface area contributed by atoms with Gasteiger partial charge in [0.05, 0.1) is 48.3 Å². The lowest BCUT2D eigenvalue weighted by Crippen LogP contribution is -2.67. The molecule has 58 heavy (non-hydrogen) atoms. The quantitative estimate of drug-likeness (QED) is 0.206. The average Bonchev–Trinajstić information content (AvgIpc) is 3.63. The number of nitrogens with zero attached hydrogens (tertiary/aromatic N) is 1. The molecule has 5 heterocycles. The van der Waals surface area contributed by atoms with Crippen LogP contribution in [0, 0.1) is 34.5 Å². The van der Waals surface area contributed by atoms with Gasteiger partial charge in [-0.2, -0.15) is 11.8 Å². The summed E-state index contributed by atoms with van der Waals surface area (Å²) >= 11 is 1.98. The van der Waals surface area contributed by atoms with Crippen molar-refractivity contribution in [2.45, 2.75) is 191 Å². The maximum Gasteiger partial charge on any atom is 0.331 e. The number of aliphatic hydroxyl groups is 4. The molecule has 9 aliphatic rings. The van der Waals surface area contributed by atoms with Crippen LogP contribution in [-0.4, -0.2) is 148 Å². The number of carbonyl (C=O) groups is 1. The van der Waals surface area contributed by atoms with Gasteiger partial charge < -0.3 is 53.6 Å². The highest BCUT2D eigenvalue weighted by molar-refractivity contribution is 8.00. The molecule has 4 saturated heterocycles. The second-order valence-corrected chi connectivity index (χ2v) is 21.2. The smallest absolute Gasteiger partial charge is 0.331 e. The summed E-state index contributed by atoms with van der Waals surface area (Å²) in [5, 5.41) is 47.1. The molecule has 0 aromatic rings. The van der Waals surface area contributed by atoms with E-state index in [1.165, 1.54) is 11.5 Å². The maximum absolute atomic E-state index is 12.6. The van der Waals surface area contributed by atoms with Crippen LogP contribution >= 0.6 is 11.8 Å². The zero-order chi connectivity index (χ0) is 40.7. The average molecular weight is 836 g/mol. The highest BCUT2D eigenvalue weighted by atomic mass is 32.2. The number of fused-ring (bicyclic) bond motifs is 5. The summed E-state index contributed by atoms with van der Waals surface area (Å²) in [5.41, 5.74) is -0.831. The van der Waals surface area contributed by atoms with Gasteiger partial charge in [-0.1, -0.05) is 13.8 Å². The second-order valence-electron chi connectivity index (χ2n) is 20.1. The van der Waals surface area contributed by atoms with E-state index in [4.69, 9.17) is 33.2 Å². The number of hydrogen-bond acceptors (Lipinski definition) is 14. The van der Waals surface area contributed by atoms with E-state index >= 15 is 0 Å². The number of rotatable bonds is 8. The van der Waals surface area contributed by atoms with Crippen molar-refractivity contribution in [1.82, 2.24) is 4.90 Å². The Morgan fingerprint density at radius 3 is 2.12 bits per heavy atom. The topological polar surface area (TPSA) is 166 Å². The molecule has 328 valence electrons. The molecule has 4 aliphatic carbocycles. The van der Waals surface area contributed by atoms with Gasteiger partial charge >= 0.3 is 5.97 Å². The van der Waals surface area contributed by atoms with Crippen LogP contribution in [0.25, 0.3) is 0 Å². The summed E-state index contributed by atoms with van der Waals surface area (Å²) < 4.78 is 43.4. The van der Waals surface area contributed by atoms with Gasteiger partial charge in [-0.05, 0) is 107 Å². The molecule has 4 saturated carbocycles. The van der Waals surface area contributed by atoms with E-state index in [0.717, 1.165) is 63.6 Å². The molecule has 19 atom stereocenters. The molecule has 0 aromatic carbocycles. The van der Waals surface area contributed by atoms with Crippen molar-refractivity contribution in [2.75, 3.05) is 31.2 Å². The van der Waals surface area contributed by atoms with Crippen molar-refractivity contribution < 1.29 is 58.4 Å². The van der Waals surface area contributed by atoms with Gasteiger partial charge in [0.2, 0.25) is 0 Å². The molecule has 0 spiro atoms. The summed E-state index contributed by atoms with van der Waals surface area (Å²) in [5.74, 6) is 2.63. The first-order valence-electron chi connectivity index (χ1n) is 22.5. The molecule has 0 aromatic heterocycles. The van der Waals surface area contributed by atoms with Crippen LogP contribution in [0.5, 0.6) is 0 Å². The Balaban J connectivity index is 0.760. The predicted octanol–water partition coefficient (Wildman–Crippen LogP) is 3.91. The standard InChI is InChI=1S/C44H69NO12S/c1-23-19-45(28-21-58-22-28)13-10-37(52-23)56-40-24(2)54-39(18-34(40)47)57-41-25(3)53-38(17-33(41)46)55-29-8-11-42(4)27(15-29)6-7-31-32(42)16-35(48)43(5)30(9-12-44(31,43)50)26-14-36(49)51-20-26/h14,23-25,27-35,37-41,46-48,50H,6-13,15-22H2,1-5H3/t23?,24-,25-,27?,29-,30+,31?,32?,33-,34-,35-,37?,38-,39-,40+,41+,42-,43-,44-/m0/s1. The summed E-state index contributed by atoms with van der Waals surface area (Å²) in [7, 11) is 0. The van der Waals surface area contributed by atoms with Gasteiger partial charge in [0.15, 0.2) is 18.9 Å².